The van der Waals surface area contributed by atoms with Crippen LogP contribution in [0.25, 0.3) is 16.8 Å². The van der Waals surface area contributed by atoms with Crippen LogP contribution in [0.5, 0.6) is 0 Å². The van der Waals surface area contributed by atoms with E-state index in [0.29, 0.717) is 33.1 Å². The molecule has 164 valence electrons. The van der Waals surface area contributed by atoms with E-state index in [1.54, 1.807) is 42.7 Å². The van der Waals surface area contributed by atoms with E-state index in [-0.39, 0.29) is 10.8 Å². The number of rotatable bonds is 5. The fraction of sp³-hybridized carbons (Fsp3) is 0.364. The maximum Gasteiger partial charge on any atom is 0.269 e. The molecule has 32 heavy (non-hydrogen) atoms. The van der Waals surface area contributed by atoms with Crippen molar-refractivity contribution < 1.29 is 8.42 Å². The minimum atomic E-state index is -3.78. The summed E-state index contributed by atoms with van der Waals surface area (Å²) < 4.78 is 30.1. The van der Waals surface area contributed by atoms with Crippen molar-refractivity contribution in [2.45, 2.75) is 47.3 Å². The highest BCUT2D eigenvalue weighted by molar-refractivity contribution is 14.1. The van der Waals surface area contributed by atoms with Gasteiger partial charge in [-0.25, -0.2) is 17.4 Å². The van der Waals surface area contributed by atoms with Crippen molar-refractivity contribution in [1.82, 2.24) is 23.6 Å². The van der Waals surface area contributed by atoms with Gasteiger partial charge in [-0.2, -0.15) is 5.26 Å². The van der Waals surface area contributed by atoms with Gasteiger partial charge in [-0.05, 0) is 50.3 Å². The monoisotopic (exact) mass is 560 g/mol. The normalized spacial score (nSPS) is 21.3. The van der Waals surface area contributed by atoms with Crippen LogP contribution in [-0.4, -0.2) is 35.9 Å². The van der Waals surface area contributed by atoms with Crippen LogP contribution >= 0.6 is 22.6 Å². The summed E-state index contributed by atoms with van der Waals surface area (Å²) in [7, 11) is -3.78. The number of hydrogen-bond acceptors (Lipinski definition) is 6. The molecular weight excluding hydrogens is 539 g/mol. The number of aryl methyl sites for hydroxylation is 1. The van der Waals surface area contributed by atoms with Crippen molar-refractivity contribution in [3.63, 3.8) is 0 Å². The molecule has 4 aromatic rings. The van der Waals surface area contributed by atoms with Gasteiger partial charge < -0.3 is 0 Å². The number of nitriles is 1. The summed E-state index contributed by atoms with van der Waals surface area (Å²) in [5.74, 6) is 1.51. The number of hydrogen-bond donors (Lipinski definition) is 0. The van der Waals surface area contributed by atoms with Gasteiger partial charge in [0.1, 0.15) is 5.82 Å². The number of benzene rings is 1. The zero-order valence-corrected chi connectivity index (χ0v) is 20.4. The van der Waals surface area contributed by atoms with Crippen LogP contribution in [0.3, 0.4) is 0 Å². The van der Waals surface area contributed by atoms with Gasteiger partial charge in [0.05, 0.1) is 22.7 Å². The van der Waals surface area contributed by atoms with E-state index in [9.17, 15) is 8.42 Å². The van der Waals surface area contributed by atoms with Gasteiger partial charge in [0.2, 0.25) is 0 Å². The summed E-state index contributed by atoms with van der Waals surface area (Å²) in [5, 5.41) is 17.7. The highest BCUT2D eigenvalue weighted by Crippen LogP contribution is 2.44. The first-order valence-electron chi connectivity index (χ1n) is 10.4. The SMILES string of the molecule is Cc1ccc(S(=O)(=O)n2ccc3c2ncc2nnc([C@H]4C[C@@H](CCC#N)C[C@H]4I)n23)cc1. The van der Waals surface area contributed by atoms with E-state index in [1.165, 1.54) is 3.97 Å². The molecule has 0 unspecified atom stereocenters. The summed E-state index contributed by atoms with van der Waals surface area (Å²) in [6.07, 6.45) is 6.56. The van der Waals surface area contributed by atoms with E-state index in [4.69, 9.17) is 5.26 Å². The van der Waals surface area contributed by atoms with Gasteiger partial charge in [0.25, 0.3) is 10.0 Å². The van der Waals surface area contributed by atoms with Crippen LogP contribution in [0.2, 0.25) is 0 Å². The second-order valence-electron chi connectivity index (χ2n) is 8.31. The molecule has 3 atom stereocenters. The maximum absolute atomic E-state index is 13.3. The van der Waals surface area contributed by atoms with Crippen LogP contribution in [0.1, 0.15) is 43.0 Å². The smallest absolute Gasteiger partial charge is 0.269 e. The van der Waals surface area contributed by atoms with E-state index >= 15 is 0 Å². The lowest BCUT2D eigenvalue weighted by molar-refractivity contribution is 0.499. The Morgan fingerprint density at radius 2 is 1.97 bits per heavy atom. The fourth-order valence-corrected chi connectivity index (χ4v) is 7.20. The van der Waals surface area contributed by atoms with Gasteiger partial charge in [-0.1, -0.05) is 40.3 Å². The molecule has 8 nitrogen and oxygen atoms in total. The first-order chi connectivity index (χ1) is 15.4. The Morgan fingerprint density at radius 1 is 1.19 bits per heavy atom. The van der Waals surface area contributed by atoms with Gasteiger partial charge in [-0.15, -0.1) is 10.2 Å². The number of halogens is 1. The Labute approximate surface area is 199 Å². The third-order valence-corrected chi connectivity index (χ3v) is 9.28. The highest BCUT2D eigenvalue weighted by Gasteiger charge is 2.36. The molecule has 0 radical (unpaired) electrons. The summed E-state index contributed by atoms with van der Waals surface area (Å²) in [6.45, 7) is 1.92. The molecule has 0 spiro atoms. The zero-order valence-electron chi connectivity index (χ0n) is 17.4. The Kier molecular flexibility index (Phi) is 5.41. The molecule has 0 N–H and O–H groups in total. The topological polar surface area (TPSA) is 106 Å². The molecule has 3 heterocycles. The molecule has 1 aromatic carbocycles. The second-order valence-corrected chi connectivity index (χ2v) is 11.7. The maximum atomic E-state index is 13.3. The van der Waals surface area contributed by atoms with E-state index in [2.05, 4.69) is 43.8 Å². The molecule has 1 aliphatic rings. The quantitative estimate of drug-likeness (QED) is 0.267. The average molecular weight is 560 g/mol. The van der Waals surface area contributed by atoms with E-state index in [1.807, 2.05) is 11.3 Å². The lowest BCUT2D eigenvalue weighted by Crippen LogP contribution is -2.13. The van der Waals surface area contributed by atoms with Crippen molar-refractivity contribution in [3.8, 4) is 6.07 Å². The summed E-state index contributed by atoms with van der Waals surface area (Å²) in [5.41, 5.74) is 2.61. The van der Waals surface area contributed by atoms with Crippen molar-refractivity contribution in [3.05, 3.63) is 54.1 Å². The highest BCUT2D eigenvalue weighted by atomic mass is 127. The number of alkyl halides is 1. The molecule has 1 aliphatic carbocycles. The summed E-state index contributed by atoms with van der Waals surface area (Å²) in [4.78, 5) is 4.63. The Morgan fingerprint density at radius 3 is 2.72 bits per heavy atom. The van der Waals surface area contributed by atoms with Gasteiger partial charge in [0.15, 0.2) is 11.3 Å². The number of aromatic nitrogens is 5. The number of fused-ring (bicyclic) bond motifs is 3. The Bertz CT molecular complexity index is 1450. The van der Waals surface area contributed by atoms with Gasteiger partial charge in [0, 0.05) is 22.5 Å². The van der Waals surface area contributed by atoms with Crippen LogP contribution in [0, 0.1) is 24.2 Å². The van der Waals surface area contributed by atoms with Crippen LogP contribution < -0.4 is 0 Å². The Hall–Kier alpha value is -2.52. The molecule has 5 rings (SSSR count). The lowest BCUT2D eigenvalue weighted by Gasteiger charge is -2.13. The van der Waals surface area contributed by atoms with Crippen molar-refractivity contribution in [2.24, 2.45) is 5.92 Å². The first-order valence-corrected chi connectivity index (χ1v) is 13.1. The van der Waals surface area contributed by atoms with Crippen LogP contribution in [0.15, 0.2) is 47.6 Å². The molecule has 0 amide bonds. The zero-order chi connectivity index (χ0) is 22.5. The fourth-order valence-electron chi connectivity index (χ4n) is 4.57. The van der Waals surface area contributed by atoms with Crippen LogP contribution in [-0.2, 0) is 10.0 Å². The Balaban J connectivity index is 1.60. The molecule has 3 aromatic heterocycles. The molecular formula is C22H21IN6O2S. The number of nitrogens with zero attached hydrogens (tertiary/aromatic N) is 6. The van der Waals surface area contributed by atoms with Crippen LogP contribution in [0.4, 0.5) is 0 Å². The molecule has 1 fully saturated rings. The third-order valence-electron chi connectivity index (χ3n) is 6.22. The summed E-state index contributed by atoms with van der Waals surface area (Å²) >= 11 is 2.47. The molecule has 0 saturated heterocycles. The van der Waals surface area contributed by atoms with E-state index < -0.39 is 10.0 Å². The van der Waals surface area contributed by atoms with Crippen molar-refractivity contribution in [1.29, 1.82) is 5.26 Å². The standard InChI is InChI=1S/C22H21IN6O2S/c1-14-4-6-16(7-5-14)32(30,31)28-10-8-19-22(28)25-13-20-26-27-21(29(19)20)17-11-15(3-2-9-24)12-18(17)23/h4-8,10,13,15,17-18H,2-3,11-12H2,1H3/t15-,17+,18-/m1/s1. The molecule has 0 aliphatic heterocycles. The van der Waals surface area contributed by atoms with Crippen molar-refractivity contribution >= 4 is 49.4 Å². The molecule has 1 saturated carbocycles. The molecule has 0 bridgehead atoms. The van der Waals surface area contributed by atoms with E-state index in [0.717, 1.165) is 30.7 Å². The van der Waals surface area contributed by atoms with Gasteiger partial charge in [-0.3, -0.25) is 4.40 Å². The lowest BCUT2D eigenvalue weighted by atomic mass is 10.00. The predicted octanol–water partition coefficient (Wildman–Crippen LogP) is 4.23. The minimum absolute atomic E-state index is 0.192. The first kappa shape index (κ1) is 21.3. The largest absolute Gasteiger partial charge is 0.274 e. The predicted molar refractivity (Wildman–Crippen MR) is 128 cm³/mol. The van der Waals surface area contributed by atoms with Crippen molar-refractivity contribution in [2.75, 3.05) is 0 Å². The minimum Gasteiger partial charge on any atom is -0.274 e. The molecule has 10 heteroatoms. The second kappa shape index (κ2) is 8.12. The average Bonchev–Trinajstić information content (AvgIpc) is 3.48. The van der Waals surface area contributed by atoms with Gasteiger partial charge >= 0.3 is 0 Å². The third kappa shape index (κ3) is 3.47. The summed E-state index contributed by atoms with van der Waals surface area (Å²) in [6, 6.07) is 10.8.